The summed E-state index contributed by atoms with van der Waals surface area (Å²) in [7, 11) is 0. The van der Waals surface area contributed by atoms with Gasteiger partial charge in [0.25, 0.3) is 5.91 Å². The van der Waals surface area contributed by atoms with Gasteiger partial charge in [0.1, 0.15) is 5.75 Å². The van der Waals surface area contributed by atoms with Crippen LogP contribution in [-0.2, 0) is 4.79 Å². The Morgan fingerprint density at radius 3 is 2.78 bits per heavy atom. The zero-order chi connectivity index (χ0) is 18.6. The second-order valence-electron chi connectivity index (χ2n) is 5.79. The number of carbonyl (C=O) groups is 2. The minimum absolute atomic E-state index is 0.177. The number of nitrogens with zero attached hydrogens (tertiary/aromatic N) is 2. The molecule has 4 rings (SSSR count). The summed E-state index contributed by atoms with van der Waals surface area (Å²) in [6, 6.07) is 14.2. The van der Waals surface area contributed by atoms with Crippen LogP contribution in [0.3, 0.4) is 0 Å². The van der Waals surface area contributed by atoms with Crippen LogP contribution in [0.15, 0.2) is 66.3 Å². The van der Waals surface area contributed by atoms with Crippen molar-refractivity contribution in [3.63, 3.8) is 0 Å². The first-order valence-electron chi connectivity index (χ1n) is 8.22. The van der Waals surface area contributed by atoms with Gasteiger partial charge >= 0.3 is 0 Å². The van der Waals surface area contributed by atoms with Gasteiger partial charge in [0, 0.05) is 29.0 Å². The van der Waals surface area contributed by atoms with Crippen molar-refractivity contribution in [1.29, 1.82) is 0 Å². The number of anilines is 1. The second kappa shape index (κ2) is 7.43. The third-order valence-electron chi connectivity index (χ3n) is 3.96. The van der Waals surface area contributed by atoms with Crippen LogP contribution in [0, 0.1) is 0 Å². The molecule has 0 saturated heterocycles. The maximum absolute atomic E-state index is 12.1. The third-order valence-corrected chi connectivity index (χ3v) is 4.73. The molecule has 0 aliphatic carbocycles. The lowest BCUT2D eigenvalue weighted by molar-refractivity contribution is -0.118. The van der Waals surface area contributed by atoms with Gasteiger partial charge < -0.3 is 10.1 Å². The molecular formula is C20H15N3O3S. The van der Waals surface area contributed by atoms with Crippen LogP contribution in [0.25, 0.3) is 16.2 Å². The second-order valence-corrected chi connectivity index (χ2v) is 6.66. The molecule has 6 nitrogen and oxygen atoms in total. The van der Waals surface area contributed by atoms with Crippen molar-refractivity contribution in [1.82, 2.24) is 9.38 Å². The highest BCUT2D eigenvalue weighted by Crippen LogP contribution is 2.23. The maximum atomic E-state index is 12.1. The van der Waals surface area contributed by atoms with Crippen molar-refractivity contribution in [3.05, 3.63) is 71.9 Å². The van der Waals surface area contributed by atoms with Crippen LogP contribution in [0.1, 0.15) is 10.4 Å². The summed E-state index contributed by atoms with van der Waals surface area (Å²) in [5, 5.41) is 4.76. The van der Waals surface area contributed by atoms with Crippen molar-refractivity contribution < 1.29 is 14.3 Å². The quantitative estimate of drug-likeness (QED) is 0.518. The molecule has 2 heterocycles. The maximum Gasteiger partial charge on any atom is 0.262 e. The molecule has 1 N–H and O–H groups in total. The lowest BCUT2D eigenvalue weighted by Gasteiger charge is -2.09. The van der Waals surface area contributed by atoms with E-state index in [1.807, 2.05) is 46.4 Å². The van der Waals surface area contributed by atoms with Crippen LogP contribution in [-0.4, -0.2) is 28.2 Å². The number of carbonyl (C=O) groups excluding carboxylic acids is 2. The van der Waals surface area contributed by atoms with Crippen LogP contribution in [0.2, 0.25) is 0 Å². The molecule has 0 saturated carbocycles. The molecule has 27 heavy (non-hydrogen) atoms. The number of imidazole rings is 1. The molecule has 1 amide bonds. The van der Waals surface area contributed by atoms with Gasteiger partial charge in [-0.3, -0.25) is 14.0 Å². The van der Waals surface area contributed by atoms with Crippen molar-refractivity contribution >= 4 is 34.2 Å². The van der Waals surface area contributed by atoms with E-state index >= 15 is 0 Å². The number of aromatic nitrogens is 2. The predicted molar refractivity (Wildman–Crippen MR) is 104 cm³/mol. The number of thiazole rings is 1. The Balaban J connectivity index is 1.38. The fraction of sp³-hybridized carbons (Fsp3) is 0.0500. The number of hydrogen-bond acceptors (Lipinski definition) is 5. The van der Waals surface area contributed by atoms with E-state index in [1.54, 1.807) is 35.6 Å². The molecule has 0 atom stereocenters. The van der Waals surface area contributed by atoms with Crippen molar-refractivity contribution in [2.75, 3.05) is 11.9 Å². The SMILES string of the molecule is O=Cc1ccccc1OCC(=O)Nc1ccc(-c2cn3ccsc3n2)cc1. The van der Waals surface area contributed by atoms with Gasteiger partial charge in [0.2, 0.25) is 0 Å². The molecule has 2 aromatic heterocycles. The largest absolute Gasteiger partial charge is 0.483 e. The van der Waals surface area contributed by atoms with Crippen LogP contribution in [0.5, 0.6) is 5.75 Å². The lowest BCUT2D eigenvalue weighted by atomic mass is 10.1. The first kappa shape index (κ1) is 17.0. The first-order valence-corrected chi connectivity index (χ1v) is 9.10. The topological polar surface area (TPSA) is 72.7 Å². The molecule has 0 spiro atoms. The minimum Gasteiger partial charge on any atom is -0.483 e. The first-order chi connectivity index (χ1) is 13.2. The molecule has 0 aliphatic heterocycles. The standard InChI is InChI=1S/C20H15N3O3S/c24-12-15-3-1-2-4-18(15)26-13-19(25)21-16-7-5-14(6-8-16)17-11-23-9-10-27-20(23)22-17/h1-12H,13H2,(H,21,25). The van der Waals surface area contributed by atoms with E-state index in [1.165, 1.54) is 0 Å². The number of para-hydroxylation sites is 1. The Morgan fingerprint density at radius 2 is 2.00 bits per heavy atom. The summed E-state index contributed by atoms with van der Waals surface area (Å²) >= 11 is 1.58. The van der Waals surface area contributed by atoms with Crippen LogP contribution >= 0.6 is 11.3 Å². The average molecular weight is 377 g/mol. The molecule has 7 heteroatoms. The van der Waals surface area contributed by atoms with Gasteiger partial charge in [0.05, 0.1) is 11.3 Å². The fourth-order valence-electron chi connectivity index (χ4n) is 2.64. The van der Waals surface area contributed by atoms with Gasteiger partial charge in [-0.05, 0) is 24.3 Å². The summed E-state index contributed by atoms with van der Waals surface area (Å²) in [5.74, 6) is 0.0868. The normalized spacial score (nSPS) is 10.7. The van der Waals surface area contributed by atoms with E-state index in [2.05, 4.69) is 10.3 Å². The average Bonchev–Trinajstić information content (AvgIpc) is 3.29. The monoisotopic (exact) mass is 377 g/mol. The highest BCUT2D eigenvalue weighted by molar-refractivity contribution is 7.15. The van der Waals surface area contributed by atoms with Gasteiger partial charge in [0.15, 0.2) is 17.9 Å². The van der Waals surface area contributed by atoms with Gasteiger partial charge in [-0.1, -0.05) is 24.3 Å². The van der Waals surface area contributed by atoms with Gasteiger partial charge in [-0.2, -0.15) is 0 Å². The van der Waals surface area contributed by atoms with E-state index in [9.17, 15) is 9.59 Å². The van der Waals surface area contributed by atoms with Gasteiger partial charge in [-0.25, -0.2) is 4.98 Å². The van der Waals surface area contributed by atoms with Crippen LogP contribution in [0.4, 0.5) is 5.69 Å². The molecule has 4 aromatic rings. The summed E-state index contributed by atoms with van der Waals surface area (Å²) in [6.45, 7) is -0.177. The molecule has 0 radical (unpaired) electrons. The zero-order valence-electron chi connectivity index (χ0n) is 14.2. The molecule has 0 fully saturated rings. The van der Waals surface area contributed by atoms with E-state index in [0.717, 1.165) is 16.2 Å². The molecule has 2 aromatic carbocycles. The number of fused-ring (bicyclic) bond motifs is 1. The summed E-state index contributed by atoms with van der Waals surface area (Å²) in [5.41, 5.74) is 2.93. The number of benzene rings is 2. The summed E-state index contributed by atoms with van der Waals surface area (Å²) in [6.07, 6.45) is 4.64. The smallest absolute Gasteiger partial charge is 0.262 e. The zero-order valence-corrected chi connectivity index (χ0v) is 15.0. The van der Waals surface area contributed by atoms with E-state index in [0.29, 0.717) is 23.3 Å². The third kappa shape index (κ3) is 3.73. The predicted octanol–water partition coefficient (Wildman–Crippen LogP) is 3.89. The van der Waals surface area contributed by atoms with Crippen molar-refractivity contribution in [2.24, 2.45) is 0 Å². The molecule has 134 valence electrons. The van der Waals surface area contributed by atoms with E-state index < -0.39 is 0 Å². The van der Waals surface area contributed by atoms with E-state index in [-0.39, 0.29) is 12.5 Å². The highest BCUT2D eigenvalue weighted by atomic mass is 32.1. The van der Waals surface area contributed by atoms with Crippen molar-refractivity contribution in [2.45, 2.75) is 0 Å². The Hall–Kier alpha value is -3.45. The van der Waals surface area contributed by atoms with Crippen molar-refractivity contribution in [3.8, 4) is 17.0 Å². The number of hydrogen-bond donors (Lipinski definition) is 1. The molecular weight excluding hydrogens is 362 g/mol. The molecule has 0 unspecified atom stereocenters. The highest BCUT2D eigenvalue weighted by Gasteiger charge is 2.08. The van der Waals surface area contributed by atoms with Gasteiger partial charge in [-0.15, -0.1) is 11.3 Å². The number of aldehydes is 1. The Labute approximate surface area is 159 Å². The molecule has 0 bridgehead atoms. The fourth-order valence-corrected chi connectivity index (χ4v) is 3.34. The van der Waals surface area contributed by atoms with Crippen LogP contribution < -0.4 is 10.1 Å². The Bertz CT molecular complexity index is 1070. The minimum atomic E-state index is -0.300. The number of rotatable bonds is 6. The number of ether oxygens (including phenoxy) is 1. The summed E-state index contributed by atoms with van der Waals surface area (Å²) < 4.78 is 7.40. The Morgan fingerprint density at radius 1 is 1.19 bits per heavy atom. The number of amides is 1. The Kier molecular flexibility index (Phi) is 4.67. The number of nitrogens with one attached hydrogen (secondary N) is 1. The van der Waals surface area contributed by atoms with E-state index in [4.69, 9.17) is 4.74 Å². The lowest BCUT2D eigenvalue weighted by Crippen LogP contribution is -2.20. The molecule has 0 aliphatic rings. The summed E-state index contributed by atoms with van der Waals surface area (Å²) in [4.78, 5) is 28.5.